The minimum absolute atomic E-state index is 0.0230. The number of nitrogens with one attached hydrogen (secondary N) is 2. The van der Waals surface area contributed by atoms with Gasteiger partial charge >= 0.3 is 0 Å². The summed E-state index contributed by atoms with van der Waals surface area (Å²) in [5, 5.41) is 5.90. The number of ether oxygens (including phenoxy) is 2. The lowest BCUT2D eigenvalue weighted by Gasteiger charge is -2.34. The number of halogens is 1. The molecule has 0 aliphatic carbocycles. The Bertz CT molecular complexity index is 1300. The fourth-order valence-electron chi connectivity index (χ4n) is 4.49. The molecule has 1 atom stereocenters. The first-order valence-electron chi connectivity index (χ1n) is 12.1. The molecule has 37 heavy (non-hydrogen) atoms. The third-order valence-electron chi connectivity index (χ3n) is 6.45. The molecule has 1 fully saturated rings. The highest BCUT2D eigenvalue weighted by molar-refractivity contribution is 8.00. The molecule has 1 aromatic heterocycles. The summed E-state index contributed by atoms with van der Waals surface area (Å²) < 4.78 is 24.9. The lowest BCUT2D eigenvalue weighted by molar-refractivity contribution is -0.113. The Kier molecular flexibility index (Phi) is 7.71. The summed E-state index contributed by atoms with van der Waals surface area (Å²) in [6.07, 6.45) is 2.33. The van der Waals surface area contributed by atoms with E-state index in [0.717, 1.165) is 17.7 Å². The molecule has 9 nitrogen and oxygen atoms in total. The van der Waals surface area contributed by atoms with E-state index in [1.807, 2.05) is 12.1 Å². The fraction of sp³-hybridized carbons (Fsp3) is 0.385. The van der Waals surface area contributed by atoms with Gasteiger partial charge in [0, 0.05) is 42.2 Å². The Morgan fingerprint density at radius 1 is 1.24 bits per heavy atom. The maximum atomic E-state index is 13.8. The molecular weight excluding hydrogens is 497 g/mol. The van der Waals surface area contributed by atoms with Crippen molar-refractivity contribution in [3.63, 3.8) is 0 Å². The normalized spacial score (nSPS) is 17.1. The zero-order valence-electron chi connectivity index (χ0n) is 20.4. The molecule has 3 aromatic rings. The molecule has 194 valence electrons. The van der Waals surface area contributed by atoms with Crippen molar-refractivity contribution in [2.24, 2.45) is 0 Å². The van der Waals surface area contributed by atoms with E-state index in [4.69, 9.17) is 9.47 Å². The van der Waals surface area contributed by atoms with Crippen LogP contribution < -0.4 is 20.1 Å². The number of methoxy groups -OCH3 is 1. The molecule has 2 aliphatic rings. The molecule has 0 bridgehead atoms. The first kappa shape index (κ1) is 25.2. The molecule has 2 aliphatic heterocycles. The number of benzene rings is 2. The third kappa shape index (κ3) is 6.11. The van der Waals surface area contributed by atoms with Crippen molar-refractivity contribution >= 4 is 40.3 Å². The zero-order chi connectivity index (χ0) is 25.8. The summed E-state index contributed by atoms with van der Waals surface area (Å²) in [6, 6.07) is 10.8. The van der Waals surface area contributed by atoms with Crippen LogP contribution in [-0.4, -0.2) is 78.0 Å². The Balaban J connectivity index is 1.12. The molecule has 3 heterocycles. The topological polar surface area (TPSA) is 106 Å². The van der Waals surface area contributed by atoms with Gasteiger partial charge in [0.1, 0.15) is 18.5 Å². The number of likely N-dealkylation sites (tertiary alicyclic amines) is 1. The van der Waals surface area contributed by atoms with Crippen molar-refractivity contribution < 1.29 is 23.5 Å². The molecule has 0 saturated carbocycles. The van der Waals surface area contributed by atoms with E-state index in [1.54, 1.807) is 31.4 Å². The SMILES string of the molecule is COc1ccc2ncc(OC(CF)CN3CCC(NC(=O)c4ccc5c(c4)NC(=O)CS5)CC3)nc2c1. The van der Waals surface area contributed by atoms with Crippen LogP contribution in [0.5, 0.6) is 11.6 Å². The summed E-state index contributed by atoms with van der Waals surface area (Å²) in [5.41, 5.74) is 2.51. The van der Waals surface area contributed by atoms with Crippen LogP contribution in [0, 0.1) is 0 Å². The lowest BCUT2D eigenvalue weighted by atomic mass is 10.0. The van der Waals surface area contributed by atoms with E-state index in [2.05, 4.69) is 25.5 Å². The van der Waals surface area contributed by atoms with Gasteiger partial charge in [-0.05, 0) is 43.2 Å². The van der Waals surface area contributed by atoms with Crippen molar-refractivity contribution in [1.82, 2.24) is 20.2 Å². The number of nitrogens with zero attached hydrogens (tertiary/aromatic N) is 3. The van der Waals surface area contributed by atoms with Crippen molar-refractivity contribution in [1.29, 1.82) is 0 Å². The smallest absolute Gasteiger partial charge is 0.251 e. The van der Waals surface area contributed by atoms with E-state index in [-0.39, 0.29) is 23.7 Å². The Hall–Kier alpha value is -3.44. The Morgan fingerprint density at radius 3 is 2.86 bits per heavy atom. The minimum Gasteiger partial charge on any atom is -0.497 e. The van der Waals surface area contributed by atoms with Gasteiger partial charge in [0.15, 0.2) is 0 Å². The molecular formula is C26H28FN5O4S. The molecule has 5 rings (SSSR count). The van der Waals surface area contributed by atoms with E-state index in [9.17, 15) is 14.0 Å². The van der Waals surface area contributed by atoms with Gasteiger partial charge < -0.3 is 20.1 Å². The zero-order valence-corrected chi connectivity index (χ0v) is 21.2. The van der Waals surface area contributed by atoms with Crippen LogP contribution in [-0.2, 0) is 4.79 Å². The predicted octanol–water partition coefficient (Wildman–Crippen LogP) is 3.29. The van der Waals surface area contributed by atoms with Gasteiger partial charge in [0.05, 0.1) is 35.8 Å². The molecule has 2 N–H and O–H groups in total. The van der Waals surface area contributed by atoms with E-state index >= 15 is 0 Å². The number of hydrogen-bond acceptors (Lipinski definition) is 8. The molecule has 11 heteroatoms. The first-order valence-corrected chi connectivity index (χ1v) is 13.1. The van der Waals surface area contributed by atoms with Gasteiger partial charge in [0.25, 0.3) is 5.91 Å². The van der Waals surface area contributed by atoms with Gasteiger partial charge in [-0.2, -0.15) is 0 Å². The van der Waals surface area contributed by atoms with Crippen molar-refractivity contribution in [2.75, 3.05) is 44.5 Å². The second kappa shape index (κ2) is 11.3. The quantitative estimate of drug-likeness (QED) is 0.462. The van der Waals surface area contributed by atoms with Crippen molar-refractivity contribution in [2.45, 2.75) is 29.9 Å². The van der Waals surface area contributed by atoms with Gasteiger partial charge in [-0.15, -0.1) is 11.8 Å². The van der Waals surface area contributed by atoms with Crippen molar-refractivity contribution in [3.05, 3.63) is 48.2 Å². The summed E-state index contributed by atoms with van der Waals surface area (Å²) >= 11 is 1.46. The maximum Gasteiger partial charge on any atom is 0.251 e. The average molecular weight is 526 g/mol. The van der Waals surface area contributed by atoms with Gasteiger partial charge in [-0.3, -0.25) is 14.5 Å². The fourth-order valence-corrected chi connectivity index (χ4v) is 5.28. The monoisotopic (exact) mass is 525 g/mol. The van der Waals surface area contributed by atoms with E-state index < -0.39 is 12.8 Å². The number of alkyl halides is 1. The van der Waals surface area contributed by atoms with Crippen LogP contribution >= 0.6 is 11.8 Å². The molecule has 0 radical (unpaired) electrons. The van der Waals surface area contributed by atoms with Crippen LogP contribution in [0.15, 0.2) is 47.5 Å². The highest BCUT2D eigenvalue weighted by Crippen LogP contribution is 2.32. The number of anilines is 1. The number of thioether (sulfide) groups is 1. The van der Waals surface area contributed by atoms with Gasteiger partial charge in [0.2, 0.25) is 11.8 Å². The van der Waals surface area contributed by atoms with Crippen molar-refractivity contribution in [3.8, 4) is 11.6 Å². The predicted molar refractivity (Wildman–Crippen MR) is 139 cm³/mol. The second-order valence-electron chi connectivity index (χ2n) is 9.05. The lowest BCUT2D eigenvalue weighted by Crippen LogP contribution is -2.47. The molecule has 1 saturated heterocycles. The number of carbonyl (C=O) groups excluding carboxylic acids is 2. The summed E-state index contributed by atoms with van der Waals surface area (Å²) in [5.74, 6) is 1.09. The van der Waals surface area contributed by atoms with E-state index in [1.165, 1.54) is 18.0 Å². The molecule has 1 unspecified atom stereocenters. The second-order valence-corrected chi connectivity index (χ2v) is 10.1. The number of hydrogen-bond donors (Lipinski definition) is 2. The molecule has 2 amide bonds. The highest BCUT2D eigenvalue weighted by atomic mass is 32.2. The molecule has 0 spiro atoms. The largest absolute Gasteiger partial charge is 0.497 e. The number of amides is 2. The Morgan fingerprint density at radius 2 is 2.08 bits per heavy atom. The van der Waals surface area contributed by atoms with Crippen LogP contribution in [0.2, 0.25) is 0 Å². The number of fused-ring (bicyclic) bond motifs is 2. The van der Waals surface area contributed by atoms with Crippen LogP contribution in [0.25, 0.3) is 11.0 Å². The van der Waals surface area contributed by atoms with Crippen LogP contribution in [0.1, 0.15) is 23.2 Å². The number of aromatic nitrogens is 2. The third-order valence-corrected chi connectivity index (χ3v) is 7.52. The average Bonchev–Trinajstić information content (AvgIpc) is 2.92. The number of piperidine rings is 1. The maximum absolute atomic E-state index is 13.8. The van der Waals surface area contributed by atoms with E-state index in [0.29, 0.717) is 53.4 Å². The summed E-state index contributed by atoms with van der Waals surface area (Å²) in [7, 11) is 1.58. The number of carbonyl (C=O) groups is 2. The van der Waals surface area contributed by atoms with Gasteiger partial charge in [-0.25, -0.2) is 14.4 Å². The molecule has 2 aromatic carbocycles. The highest BCUT2D eigenvalue weighted by Gasteiger charge is 2.25. The number of rotatable bonds is 8. The van der Waals surface area contributed by atoms with Crippen LogP contribution in [0.4, 0.5) is 10.1 Å². The minimum atomic E-state index is -0.674. The Labute approximate surface area is 218 Å². The first-order chi connectivity index (χ1) is 18.0. The summed E-state index contributed by atoms with van der Waals surface area (Å²) in [4.78, 5) is 36.3. The van der Waals surface area contributed by atoms with Gasteiger partial charge in [-0.1, -0.05) is 0 Å². The van der Waals surface area contributed by atoms with Crippen LogP contribution in [0.3, 0.4) is 0 Å². The standard InChI is InChI=1S/C26H28FN5O4S/c1-35-18-3-4-20-21(11-18)31-25(13-28-20)36-19(12-27)14-32-8-6-17(7-9-32)29-26(34)16-2-5-23-22(10-16)30-24(33)15-37-23/h2-5,10-11,13,17,19H,6-9,12,14-15H2,1H3,(H,29,34)(H,30,33). The summed E-state index contributed by atoms with van der Waals surface area (Å²) in [6.45, 7) is 1.18.